The van der Waals surface area contributed by atoms with Crippen molar-refractivity contribution in [1.29, 1.82) is 0 Å². The minimum Gasteiger partial charge on any atom is -0.411 e. The minimum absolute atomic E-state index is 0.173. The van der Waals surface area contributed by atoms with Gasteiger partial charge in [0, 0.05) is 0 Å². The molecule has 10 heteroatoms. The van der Waals surface area contributed by atoms with Crippen molar-refractivity contribution in [1.82, 2.24) is 0 Å². The summed E-state index contributed by atoms with van der Waals surface area (Å²) in [6.45, 7) is 3.30. The van der Waals surface area contributed by atoms with Gasteiger partial charge in [0.05, 0.1) is 46.5 Å². The molecule has 10 nitrogen and oxygen atoms in total. The maximum absolute atomic E-state index is 13.7. The zero-order valence-electron chi connectivity index (χ0n) is 21.7. The van der Waals surface area contributed by atoms with E-state index in [4.69, 9.17) is 10.4 Å². The Kier molecular flexibility index (Phi) is 5.16. The predicted octanol–water partition coefficient (Wildman–Crippen LogP) is 3.06. The Hall–Kier alpha value is -4.60. The van der Waals surface area contributed by atoms with Crippen LogP contribution in [0.2, 0.25) is 0 Å². The number of benzene rings is 2. The number of nitrogens with zero attached hydrogens (tertiary/aromatic N) is 4. The number of hydrogen-bond donors (Lipinski definition) is 2. The highest BCUT2D eigenvalue weighted by molar-refractivity contribution is 6.25. The molecule has 6 aliphatic rings. The molecule has 8 rings (SSSR count). The molecule has 8 atom stereocenters. The van der Waals surface area contributed by atoms with Crippen LogP contribution in [0.4, 0.5) is 11.4 Å². The summed E-state index contributed by atoms with van der Waals surface area (Å²) in [4.78, 5) is 57.3. The molecule has 4 amide bonds. The van der Waals surface area contributed by atoms with Gasteiger partial charge in [0.15, 0.2) is 0 Å². The second-order valence-electron chi connectivity index (χ2n) is 11.3. The lowest BCUT2D eigenvalue weighted by Gasteiger charge is -2.60. The highest BCUT2D eigenvalue weighted by atomic mass is 16.4. The van der Waals surface area contributed by atoms with Gasteiger partial charge in [-0.05, 0) is 72.9 Å². The molecule has 202 valence electrons. The Morgan fingerprint density at radius 2 is 0.900 bits per heavy atom. The maximum Gasteiger partial charge on any atom is 0.238 e. The minimum atomic E-state index is -0.568. The lowest BCUT2D eigenvalue weighted by molar-refractivity contribution is -0.166. The Labute approximate surface area is 229 Å². The van der Waals surface area contributed by atoms with Gasteiger partial charge in [0.2, 0.25) is 23.6 Å². The quantitative estimate of drug-likeness (QED) is 0.202. The van der Waals surface area contributed by atoms with E-state index in [1.54, 1.807) is 62.4 Å². The number of rotatable bonds is 4. The second kappa shape index (κ2) is 8.45. The van der Waals surface area contributed by atoms with Crippen LogP contribution in [0, 0.1) is 47.3 Å². The molecular weight excluding hydrogens is 512 g/mol. The summed E-state index contributed by atoms with van der Waals surface area (Å²) in [6.07, 6.45) is 3.96. The van der Waals surface area contributed by atoms with Crippen molar-refractivity contribution in [3.8, 4) is 0 Å². The van der Waals surface area contributed by atoms with Crippen LogP contribution in [0.5, 0.6) is 0 Å². The molecule has 4 fully saturated rings. The molecule has 0 unspecified atom stereocenters. The van der Waals surface area contributed by atoms with Crippen LogP contribution in [-0.4, -0.2) is 45.5 Å². The smallest absolute Gasteiger partial charge is 0.238 e. The highest BCUT2D eigenvalue weighted by Gasteiger charge is 2.75. The number of fused-ring (bicyclic) bond motifs is 1. The van der Waals surface area contributed by atoms with E-state index < -0.39 is 23.7 Å². The van der Waals surface area contributed by atoms with Gasteiger partial charge < -0.3 is 10.4 Å². The Balaban J connectivity index is 1.18. The summed E-state index contributed by atoms with van der Waals surface area (Å²) < 4.78 is 0. The van der Waals surface area contributed by atoms with Crippen LogP contribution in [0.3, 0.4) is 0 Å². The highest BCUT2D eigenvalue weighted by Crippen LogP contribution is 2.68. The fourth-order valence-electron chi connectivity index (χ4n) is 7.93. The SMILES string of the molecule is CC(=NO)c1ccc(N2C(=O)[C@@H]3[C@H]4C=C[C@@H]([C@@H]3C2=O)[C@@H]2[C@@H]3C(=O)N(c5ccc(C(C)=NO)cc5)C(=O)[C@@H]3[C@H]42)cc1. The van der Waals surface area contributed by atoms with E-state index in [0.29, 0.717) is 33.9 Å². The third-order valence-corrected chi connectivity index (χ3v) is 9.73. The van der Waals surface area contributed by atoms with Crippen molar-refractivity contribution in [3.63, 3.8) is 0 Å². The fourth-order valence-corrected chi connectivity index (χ4v) is 7.93. The van der Waals surface area contributed by atoms with Gasteiger partial charge >= 0.3 is 0 Å². The van der Waals surface area contributed by atoms with E-state index in [1.165, 1.54) is 9.80 Å². The zero-order chi connectivity index (χ0) is 28.0. The third kappa shape index (κ3) is 2.98. The average molecular weight is 539 g/mol. The van der Waals surface area contributed by atoms with E-state index >= 15 is 0 Å². The van der Waals surface area contributed by atoms with E-state index in [9.17, 15) is 19.2 Å². The standard InChI is InChI=1S/C30H26N4O6/c1-13(31-39)15-3-7-17(8-4-15)33-27(35)23-19-11-12-20(24(23)28(33)36)22-21(19)25-26(22)30(38)34(29(25)37)18-9-5-16(6-10-18)14(2)32-40/h3-12,19-26,39-40H,1-2H3/t19-,20+,21+,22-,23+,24-,25+,26-. The van der Waals surface area contributed by atoms with Crippen molar-refractivity contribution < 1.29 is 29.6 Å². The third-order valence-electron chi connectivity index (χ3n) is 9.73. The maximum atomic E-state index is 13.7. The zero-order valence-corrected chi connectivity index (χ0v) is 21.7. The van der Waals surface area contributed by atoms with E-state index in [1.807, 2.05) is 12.2 Å². The van der Waals surface area contributed by atoms with E-state index in [2.05, 4.69) is 10.3 Å². The summed E-state index contributed by atoms with van der Waals surface area (Å²) in [7, 11) is 0. The molecule has 0 aromatic heterocycles. The van der Waals surface area contributed by atoms with Gasteiger partial charge in [-0.1, -0.05) is 46.7 Å². The van der Waals surface area contributed by atoms with Gasteiger partial charge in [-0.2, -0.15) is 0 Å². The van der Waals surface area contributed by atoms with Crippen LogP contribution in [-0.2, 0) is 19.2 Å². The molecule has 0 spiro atoms. The van der Waals surface area contributed by atoms with E-state index in [0.717, 1.165) is 0 Å². The number of hydrogen-bond acceptors (Lipinski definition) is 8. The number of anilines is 2. The first-order valence-electron chi connectivity index (χ1n) is 13.3. The van der Waals surface area contributed by atoms with Crippen molar-refractivity contribution in [2.24, 2.45) is 57.7 Å². The molecule has 2 aromatic carbocycles. The fraction of sp³-hybridized carbons (Fsp3) is 0.333. The van der Waals surface area contributed by atoms with Crippen LogP contribution < -0.4 is 9.80 Å². The summed E-state index contributed by atoms with van der Waals surface area (Å²) in [5.41, 5.74) is 3.08. The number of imide groups is 2. The van der Waals surface area contributed by atoms with Gasteiger partial charge in [-0.25, -0.2) is 0 Å². The summed E-state index contributed by atoms with van der Waals surface area (Å²) in [5.74, 6) is -4.20. The molecule has 2 aromatic rings. The van der Waals surface area contributed by atoms with E-state index in [-0.39, 0.29) is 47.3 Å². The molecule has 0 radical (unpaired) electrons. The number of oxime groups is 2. The first kappa shape index (κ1) is 24.4. The summed E-state index contributed by atoms with van der Waals surface area (Å²) in [6, 6.07) is 13.5. The summed E-state index contributed by atoms with van der Waals surface area (Å²) >= 11 is 0. The Bertz CT molecular complexity index is 1520. The Morgan fingerprint density at radius 3 is 1.23 bits per heavy atom. The number of allylic oxidation sites excluding steroid dienone is 2. The second-order valence-corrected chi connectivity index (χ2v) is 11.3. The van der Waals surface area contributed by atoms with Crippen LogP contribution >= 0.6 is 0 Å². The van der Waals surface area contributed by atoms with Crippen LogP contribution in [0.15, 0.2) is 71.0 Å². The first-order valence-corrected chi connectivity index (χ1v) is 13.3. The number of amides is 4. The first-order chi connectivity index (χ1) is 19.3. The molecule has 2 N–H and O–H groups in total. The molecule has 40 heavy (non-hydrogen) atoms. The number of carbonyl (C=O) groups is 4. The molecular formula is C30H26N4O6. The largest absolute Gasteiger partial charge is 0.411 e. The molecule has 2 bridgehead atoms. The lowest BCUT2D eigenvalue weighted by atomic mass is 9.40. The lowest BCUT2D eigenvalue weighted by Crippen LogP contribution is -2.63. The van der Waals surface area contributed by atoms with Crippen molar-refractivity contribution in [2.45, 2.75) is 13.8 Å². The van der Waals surface area contributed by atoms with Gasteiger partial charge in [-0.15, -0.1) is 0 Å². The molecule has 2 saturated heterocycles. The normalized spacial score (nSPS) is 34.2. The Morgan fingerprint density at radius 1 is 0.575 bits per heavy atom. The predicted molar refractivity (Wildman–Crippen MR) is 143 cm³/mol. The number of carbonyl (C=O) groups excluding carboxylic acids is 4. The summed E-state index contributed by atoms with van der Waals surface area (Å²) in [5, 5.41) is 24.5. The van der Waals surface area contributed by atoms with Gasteiger partial charge in [0.25, 0.3) is 0 Å². The van der Waals surface area contributed by atoms with Crippen molar-refractivity contribution in [3.05, 3.63) is 71.8 Å². The molecule has 2 aliphatic heterocycles. The van der Waals surface area contributed by atoms with Gasteiger partial charge in [-0.3, -0.25) is 29.0 Å². The van der Waals surface area contributed by atoms with Crippen LogP contribution in [0.25, 0.3) is 0 Å². The topological polar surface area (TPSA) is 140 Å². The molecule has 4 aliphatic carbocycles. The van der Waals surface area contributed by atoms with Crippen molar-refractivity contribution in [2.75, 3.05) is 9.80 Å². The van der Waals surface area contributed by atoms with Crippen LogP contribution in [0.1, 0.15) is 25.0 Å². The molecule has 2 saturated carbocycles. The molecule has 2 heterocycles. The monoisotopic (exact) mass is 538 g/mol. The van der Waals surface area contributed by atoms with Gasteiger partial charge in [0.1, 0.15) is 0 Å². The average Bonchev–Trinajstić information content (AvgIpc) is 3.35. The van der Waals surface area contributed by atoms with Crippen molar-refractivity contribution >= 4 is 46.4 Å².